The van der Waals surface area contributed by atoms with Gasteiger partial charge in [-0.1, -0.05) is 0 Å². The number of nitrogens with two attached hydrogens (primary N) is 1. The molecule has 1 rings (SSSR count). The van der Waals surface area contributed by atoms with Crippen LogP contribution >= 0.6 is 0 Å². The number of nitrogens with zero attached hydrogens (tertiary/aromatic N) is 3. The molecule has 80 valence electrons. The predicted octanol–water partition coefficient (Wildman–Crippen LogP) is 0.110. The number of aryl methyl sites for hydroxylation is 1. The zero-order chi connectivity index (χ0) is 10.6. The Morgan fingerprint density at radius 2 is 2.36 bits per heavy atom. The van der Waals surface area contributed by atoms with Crippen LogP contribution in [0.1, 0.15) is 19.7 Å². The summed E-state index contributed by atoms with van der Waals surface area (Å²) in [6, 6.07) is -0.0298. The zero-order valence-corrected chi connectivity index (χ0v) is 8.97. The third-order valence-corrected chi connectivity index (χ3v) is 2.26. The van der Waals surface area contributed by atoms with Crippen molar-refractivity contribution in [2.45, 2.75) is 32.4 Å². The molecule has 2 unspecified atom stereocenters. The minimum absolute atomic E-state index is 0.0298. The summed E-state index contributed by atoms with van der Waals surface area (Å²) < 4.78 is 7.14. The predicted molar refractivity (Wildman–Crippen MR) is 53.8 cm³/mol. The van der Waals surface area contributed by atoms with Crippen molar-refractivity contribution in [3.05, 3.63) is 12.2 Å². The van der Waals surface area contributed by atoms with Gasteiger partial charge in [0.1, 0.15) is 12.2 Å². The second-order valence-corrected chi connectivity index (χ2v) is 3.33. The number of hydrogen-bond acceptors (Lipinski definition) is 4. The molecule has 0 saturated carbocycles. The second-order valence-electron chi connectivity index (χ2n) is 3.33. The first-order valence-electron chi connectivity index (χ1n) is 4.85. The Hall–Kier alpha value is -0.940. The van der Waals surface area contributed by atoms with Gasteiger partial charge >= 0.3 is 0 Å². The highest BCUT2D eigenvalue weighted by Gasteiger charge is 2.15. The Labute approximate surface area is 84.3 Å². The zero-order valence-electron chi connectivity index (χ0n) is 8.97. The van der Waals surface area contributed by atoms with E-state index in [1.807, 2.05) is 20.9 Å². The summed E-state index contributed by atoms with van der Waals surface area (Å²) in [6.07, 6.45) is 2.28. The maximum Gasteiger partial charge on any atom is 0.138 e. The Balaban J connectivity index is 2.48. The van der Waals surface area contributed by atoms with Crippen LogP contribution in [0.15, 0.2) is 6.33 Å². The molecular weight excluding hydrogens is 180 g/mol. The van der Waals surface area contributed by atoms with E-state index in [1.54, 1.807) is 4.68 Å². The van der Waals surface area contributed by atoms with Crippen molar-refractivity contribution < 1.29 is 4.74 Å². The van der Waals surface area contributed by atoms with E-state index in [2.05, 4.69) is 10.1 Å². The smallest absolute Gasteiger partial charge is 0.138 e. The van der Waals surface area contributed by atoms with Crippen LogP contribution in [0, 0.1) is 0 Å². The van der Waals surface area contributed by atoms with Crippen LogP contribution in [0.3, 0.4) is 0 Å². The summed E-state index contributed by atoms with van der Waals surface area (Å²) in [5.41, 5.74) is 5.96. The van der Waals surface area contributed by atoms with Crippen LogP contribution in [-0.4, -0.2) is 33.5 Å². The van der Waals surface area contributed by atoms with Crippen LogP contribution in [0.5, 0.6) is 0 Å². The van der Waals surface area contributed by atoms with Crippen LogP contribution in [0.2, 0.25) is 0 Å². The molecule has 1 heterocycles. The van der Waals surface area contributed by atoms with Crippen molar-refractivity contribution in [1.29, 1.82) is 0 Å². The van der Waals surface area contributed by atoms with E-state index >= 15 is 0 Å². The van der Waals surface area contributed by atoms with Gasteiger partial charge < -0.3 is 10.5 Å². The molecule has 1 aromatic heterocycles. The summed E-state index contributed by atoms with van der Waals surface area (Å²) in [5, 5.41) is 3.98. The number of aromatic nitrogens is 3. The average molecular weight is 198 g/mol. The van der Waals surface area contributed by atoms with Gasteiger partial charge in [-0.2, -0.15) is 5.10 Å². The van der Waals surface area contributed by atoms with E-state index < -0.39 is 0 Å². The maximum atomic E-state index is 5.96. The van der Waals surface area contributed by atoms with Crippen molar-refractivity contribution in [1.82, 2.24) is 14.8 Å². The minimum Gasteiger partial charge on any atom is -0.377 e. The van der Waals surface area contributed by atoms with Gasteiger partial charge in [-0.25, -0.2) is 4.98 Å². The minimum atomic E-state index is -0.0298. The Morgan fingerprint density at radius 1 is 1.64 bits per heavy atom. The molecule has 1 aromatic rings. The van der Waals surface area contributed by atoms with Crippen molar-refractivity contribution in [2.24, 2.45) is 12.8 Å². The van der Waals surface area contributed by atoms with E-state index in [0.717, 1.165) is 5.82 Å². The van der Waals surface area contributed by atoms with Gasteiger partial charge in [0.15, 0.2) is 0 Å². The van der Waals surface area contributed by atoms with Gasteiger partial charge in [0.25, 0.3) is 0 Å². The molecule has 0 aliphatic heterocycles. The molecule has 0 radical (unpaired) electrons. The fourth-order valence-corrected chi connectivity index (χ4v) is 1.27. The largest absolute Gasteiger partial charge is 0.377 e. The van der Waals surface area contributed by atoms with Crippen molar-refractivity contribution >= 4 is 0 Å². The standard InChI is InChI=1S/C9H18N4O/c1-4-14-7(2)8(10)5-9-11-6-12-13(9)3/h6-8H,4-5,10H2,1-3H3. The summed E-state index contributed by atoms with van der Waals surface area (Å²) in [4.78, 5) is 4.11. The first kappa shape index (κ1) is 11.1. The summed E-state index contributed by atoms with van der Waals surface area (Å²) in [7, 11) is 1.86. The molecule has 0 spiro atoms. The third kappa shape index (κ3) is 2.78. The second kappa shape index (κ2) is 5.07. The third-order valence-electron chi connectivity index (χ3n) is 2.26. The highest BCUT2D eigenvalue weighted by molar-refractivity contribution is 4.89. The van der Waals surface area contributed by atoms with Crippen LogP contribution in [-0.2, 0) is 18.2 Å². The lowest BCUT2D eigenvalue weighted by atomic mass is 10.1. The lowest BCUT2D eigenvalue weighted by Crippen LogP contribution is -2.37. The van der Waals surface area contributed by atoms with E-state index in [9.17, 15) is 0 Å². The van der Waals surface area contributed by atoms with E-state index in [-0.39, 0.29) is 12.1 Å². The molecule has 5 heteroatoms. The van der Waals surface area contributed by atoms with E-state index in [4.69, 9.17) is 10.5 Å². The molecule has 2 N–H and O–H groups in total. The lowest BCUT2D eigenvalue weighted by Gasteiger charge is -2.18. The molecule has 0 fully saturated rings. The van der Waals surface area contributed by atoms with Crippen molar-refractivity contribution in [2.75, 3.05) is 6.61 Å². The van der Waals surface area contributed by atoms with Crippen molar-refractivity contribution in [3.8, 4) is 0 Å². The first-order valence-corrected chi connectivity index (χ1v) is 4.85. The lowest BCUT2D eigenvalue weighted by molar-refractivity contribution is 0.0570. The van der Waals surface area contributed by atoms with Gasteiger partial charge in [-0.05, 0) is 13.8 Å². The van der Waals surface area contributed by atoms with Gasteiger partial charge in [0.2, 0.25) is 0 Å². The highest BCUT2D eigenvalue weighted by atomic mass is 16.5. The molecular formula is C9H18N4O. The number of hydrogen-bond donors (Lipinski definition) is 1. The highest BCUT2D eigenvalue weighted by Crippen LogP contribution is 2.03. The van der Waals surface area contributed by atoms with Crippen LogP contribution < -0.4 is 5.73 Å². The van der Waals surface area contributed by atoms with Crippen LogP contribution in [0.25, 0.3) is 0 Å². The van der Waals surface area contributed by atoms with E-state index in [1.165, 1.54) is 6.33 Å². The number of rotatable bonds is 5. The molecule has 0 saturated heterocycles. The van der Waals surface area contributed by atoms with Crippen LogP contribution in [0.4, 0.5) is 0 Å². The Kier molecular flexibility index (Phi) is 4.03. The van der Waals surface area contributed by atoms with Gasteiger partial charge in [0.05, 0.1) is 6.10 Å². The maximum absolute atomic E-state index is 5.96. The fraction of sp³-hybridized carbons (Fsp3) is 0.778. The average Bonchev–Trinajstić information content (AvgIpc) is 2.52. The molecule has 2 atom stereocenters. The molecule has 0 amide bonds. The number of ether oxygens (including phenoxy) is 1. The monoisotopic (exact) mass is 198 g/mol. The quantitative estimate of drug-likeness (QED) is 0.729. The topological polar surface area (TPSA) is 66.0 Å². The summed E-state index contributed by atoms with van der Waals surface area (Å²) in [5.74, 6) is 0.893. The fourth-order valence-electron chi connectivity index (χ4n) is 1.27. The molecule has 14 heavy (non-hydrogen) atoms. The van der Waals surface area contributed by atoms with Gasteiger partial charge in [-0.15, -0.1) is 0 Å². The van der Waals surface area contributed by atoms with Gasteiger partial charge in [0, 0.05) is 26.1 Å². The van der Waals surface area contributed by atoms with E-state index in [0.29, 0.717) is 13.0 Å². The molecule has 0 aliphatic rings. The van der Waals surface area contributed by atoms with Crippen molar-refractivity contribution in [3.63, 3.8) is 0 Å². The molecule has 0 aliphatic carbocycles. The first-order chi connectivity index (χ1) is 6.65. The Bertz CT molecular complexity index is 274. The Morgan fingerprint density at radius 3 is 2.86 bits per heavy atom. The molecule has 0 aromatic carbocycles. The normalized spacial score (nSPS) is 15.4. The van der Waals surface area contributed by atoms with Gasteiger partial charge in [-0.3, -0.25) is 4.68 Å². The summed E-state index contributed by atoms with van der Waals surface area (Å²) in [6.45, 7) is 4.63. The summed E-state index contributed by atoms with van der Waals surface area (Å²) >= 11 is 0. The molecule has 5 nitrogen and oxygen atoms in total. The molecule has 0 bridgehead atoms. The SMILES string of the molecule is CCOC(C)C(N)Cc1ncnn1C.